The average Bonchev–Trinajstić information content (AvgIpc) is 2.64. The summed E-state index contributed by atoms with van der Waals surface area (Å²) in [7, 11) is 1.47. The highest BCUT2D eigenvalue weighted by Crippen LogP contribution is 2.27. The zero-order valence-electron chi connectivity index (χ0n) is 8.00. The highest BCUT2D eigenvalue weighted by Gasteiger charge is 2.10. The molecule has 0 radical (unpaired) electrons. The molecule has 1 aromatic heterocycles. The maximum Gasteiger partial charge on any atom is 0.271 e. The van der Waals surface area contributed by atoms with Crippen molar-refractivity contribution in [3.63, 3.8) is 0 Å². The van der Waals surface area contributed by atoms with Crippen molar-refractivity contribution in [2.24, 2.45) is 0 Å². The summed E-state index contributed by atoms with van der Waals surface area (Å²) < 4.78 is 18.1. The number of aromatic nitrogens is 2. The number of aromatic amines is 2. The van der Waals surface area contributed by atoms with Gasteiger partial charge in [0, 0.05) is 11.8 Å². The van der Waals surface area contributed by atoms with Gasteiger partial charge in [-0.2, -0.15) is 0 Å². The summed E-state index contributed by atoms with van der Waals surface area (Å²) in [6, 6.07) is 4.03. The molecule has 0 aliphatic rings. The standard InChI is InChI=1S/C10H9FN2O2/c1-15-9-3-2-6(11)4-7(9)8-5-12-13-10(8)14/h2-5H,1H3,(H2,12,13,14). The molecular formula is C10H9FN2O2. The van der Waals surface area contributed by atoms with Crippen molar-refractivity contribution in [3.8, 4) is 16.9 Å². The van der Waals surface area contributed by atoms with Crippen LogP contribution in [-0.2, 0) is 0 Å². The first-order valence-corrected chi connectivity index (χ1v) is 4.32. The molecule has 0 bridgehead atoms. The Labute approximate surface area is 84.7 Å². The average molecular weight is 208 g/mol. The van der Waals surface area contributed by atoms with Gasteiger partial charge in [-0.3, -0.25) is 9.89 Å². The molecule has 0 saturated heterocycles. The van der Waals surface area contributed by atoms with E-state index >= 15 is 0 Å². The van der Waals surface area contributed by atoms with Gasteiger partial charge in [-0.1, -0.05) is 0 Å². The van der Waals surface area contributed by atoms with Gasteiger partial charge in [0.1, 0.15) is 11.6 Å². The molecule has 0 spiro atoms. The molecule has 2 rings (SSSR count). The van der Waals surface area contributed by atoms with E-state index in [1.807, 2.05) is 0 Å². The van der Waals surface area contributed by atoms with Gasteiger partial charge in [0.15, 0.2) is 0 Å². The highest BCUT2D eigenvalue weighted by atomic mass is 19.1. The molecule has 0 saturated carbocycles. The van der Waals surface area contributed by atoms with Gasteiger partial charge in [-0.25, -0.2) is 4.39 Å². The third-order valence-corrected chi connectivity index (χ3v) is 2.10. The number of hydrogen-bond donors (Lipinski definition) is 2. The third-order valence-electron chi connectivity index (χ3n) is 2.10. The molecule has 1 heterocycles. The molecule has 78 valence electrons. The zero-order valence-corrected chi connectivity index (χ0v) is 8.00. The number of ether oxygens (including phenoxy) is 1. The normalized spacial score (nSPS) is 10.3. The lowest BCUT2D eigenvalue weighted by Crippen LogP contribution is -2.02. The van der Waals surface area contributed by atoms with Crippen molar-refractivity contribution in [3.05, 3.63) is 40.6 Å². The Hall–Kier alpha value is -2.04. The second kappa shape index (κ2) is 3.61. The molecule has 4 nitrogen and oxygen atoms in total. The van der Waals surface area contributed by atoms with Gasteiger partial charge >= 0.3 is 0 Å². The first-order valence-electron chi connectivity index (χ1n) is 4.32. The van der Waals surface area contributed by atoms with Crippen molar-refractivity contribution in [1.82, 2.24) is 10.2 Å². The fourth-order valence-electron chi connectivity index (χ4n) is 1.40. The van der Waals surface area contributed by atoms with Crippen LogP contribution >= 0.6 is 0 Å². The monoisotopic (exact) mass is 208 g/mol. The van der Waals surface area contributed by atoms with E-state index in [1.54, 1.807) is 0 Å². The lowest BCUT2D eigenvalue weighted by atomic mass is 10.1. The lowest BCUT2D eigenvalue weighted by molar-refractivity contribution is 0.415. The maximum atomic E-state index is 13.0. The molecule has 2 aromatic rings. The van der Waals surface area contributed by atoms with Crippen LogP contribution in [0.3, 0.4) is 0 Å². The minimum Gasteiger partial charge on any atom is -0.496 e. The van der Waals surface area contributed by atoms with Gasteiger partial charge in [0.25, 0.3) is 5.56 Å². The Morgan fingerprint density at radius 3 is 2.73 bits per heavy atom. The fourth-order valence-corrected chi connectivity index (χ4v) is 1.40. The van der Waals surface area contributed by atoms with Gasteiger partial charge in [0.2, 0.25) is 0 Å². The van der Waals surface area contributed by atoms with Gasteiger partial charge in [-0.15, -0.1) is 0 Å². The van der Waals surface area contributed by atoms with Crippen LogP contribution in [0.5, 0.6) is 5.75 Å². The molecule has 5 heteroatoms. The van der Waals surface area contributed by atoms with Crippen LogP contribution < -0.4 is 10.3 Å². The quantitative estimate of drug-likeness (QED) is 0.786. The van der Waals surface area contributed by atoms with E-state index in [0.29, 0.717) is 16.9 Å². The lowest BCUT2D eigenvalue weighted by Gasteiger charge is -2.05. The van der Waals surface area contributed by atoms with Crippen molar-refractivity contribution in [1.29, 1.82) is 0 Å². The Morgan fingerprint density at radius 1 is 1.33 bits per heavy atom. The molecule has 1 aromatic carbocycles. The molecule has 0 unspecified atom stereocenters. The van der Waals surface area contributed by atoms with Crippen LogP contribution in [0, 0.1) is 5.82 Å². The molecule has 0 aliphatic carbocycles. The summed E-state index contributed by atoms with van der Waals surface area (Å²) in [6.45, 7) is 0. The van der Waals surface area contributed by atoms with Crippen LogP contribution in [-0.4, -0.2) is 17.3 Å². The molecular weight excluding hydrogens is 199 g/mol. The topological polar surface area (TPSA) is 57.9 Å². The van der Waals surface area contributed by atoms with E-state index in [9.17, 15) is 9.18 Å². The highest BCUT2D eigenvalue weighted by molar-refractivity contribution is 5.69. The van der Waals surface area contributed by atoms with Crippen LogP contribution in [0.4, 0.5) is 4.39 Å². The van der Waals surface area contributed by atoms with E-state index in [4.69, 9.17) is 4.74 Å². The summed E-state index contributed by atoms with van der Waals surface area (Å²) in [4.78, 5) is 11.3. The summed E-state index contributed by atoms with van der Waals surface area (Å²) in [5.74, 6) is 0.0490. The van der Waals surface area contributed by atoms with E-state index in [-0.39, 0.29) is 5.56 Å². The molecule has 0 atom stereocenters. The van der Waals surface area contributed by atoms with Crippen LogP contribution in [0.1, 0.15) is 0 Å². The van der Waals surface area contributed by atoms with Crippen molar-refractivity contribution in [2.45, 2.75) is 0 Å². The summed E-state index contributed by atoms with van der Waals surface area (Å²) in [5.41, 5.74) is 0.477. The number of nitrogens with one attached hydrogen (secondary N) is 2. The Kier molecular flexibility index (Phi) is 2.29. The van der Waals surface area contributed by atoms with E-state index in [2.05, 4.69) is 10.2 Å². The van der Waals surface area contributed by atoms with Crippen LogP contribution in [0.2, 0.25) is 0 Å². The van der Waals surface area contributed by atoms with E-state index < -0.39 is 5.82 Å². The number of H-pyrrole nitrogens is 2. The van der Waals surface area contributed by atoms with Crippen molar-refractivity contribution >= 4 is 0 Å². The number of rotatable bonds is 2. The van der Waals surface area contributed by atoms with Crippen LogP contribution in [0.15, 0.2) is 29.2 Å². The number of benzene rings is 1. The molecule has 0 fully saturated rings. The van der Waals surface area contributed by atoms with Gasteiger partial charge in [0.05, 0.1) is 12.7 Å². The second-order valence-corrected chi connectivity index (χ2v) is 3.00. The van der Waals surface area contributed by atoms with E-state index in [0.717, 1.165) is 0 Å². The van der Waals surface area contributed by atoms with Crippen LogP contribution in [0.25, 0.3) is 11.1 Å². The molecule has 2 N–H and O–H groups in total. The maximum absolute atomic E-state index is 13.0. The summed E-state index contributed by atoms with van der Waals surface area (Å²) in [6.07, 6.45) is 1.47. The Bertz CT molecular complexity index is 530. The SMILES string of the molecule is COc1ccc(F)cc1-c1c[nH][nH]c1=O. The molecule has 15 heavy (non-hydrogen) atoms. The first kappa shape index (κ1) is 9.51. The van der Waals surface area contributed by atoms with Gasteiger partial charge < -0.3 is 9.84 Å². The number of hydrogen-bond acceptors (Lipinski definition) is 2. The predicted octanol–water partition coefficient (Wildman–Crippen LogP) is 1.52. The summed E-state index contributed by atoms with van der Waals surface area (Å²) in [5, 5.41) is 4.93. The Balaban J connectivity index is 2.66. The zero-order chi connectivity index (χ0) is 10.8. The fraction of sp³-hybridized carbons (Fsp3) is 0.100. The second-order valence-electron chi connectivity index (χ2n) is 3.00. The minimum absolute atomic E-state index is 0.307. The van der Waals surface area contributed by atoms with Crippen molar-refractivity contribution < 1.29 is 9.13 Å². The molecule has 0 amide bonds. The van der Waals surface area contributed by atoms with Crippen molar-refractivity contribution in [2.75, 3.05) is 7.11 Å². The van der Waals surface area contributed by atoms with E-state index in [1.165, 1.54) is 31.5 Å². The molecule has 0 aliphatic heterocycles. The Morgan fingerprint density at radius 2 is 2.13 bits per heavy atom. The minimum atomic E-state index is -0.411. The smallest absolute Gasteiger partial charge is 0.271 e. The largest absolute Gasteiger partial charge is 0.496 e. The number of halogens is 1. The first-order chi connectivity index (χ1) is 7.22. The van der Waals surface area contributed by atoms with Gasteiger partial charge in [-0.05, 0) is 18.2 Å². The summed E-state index contributed by atoms with van der Waals surface area (Å²) >= 11 is 0. The number of methoxy groups -OCH3 is 1. The third kappa shape index (κ3) is 1.63. The predicted molar refractivity (Wildman–Crippen MR) is 53.4 cm³/mol.